The number of amides is 2. The minimum absolute atomic E-state index is 0.0717. The van der Waals surface area contributed by atoms with Gasteiger partial charge in [0.05, 0.1) is 16.7 Å². The van der Waals surface area contributed by atoms with Gasteiger partial charge in [0.25, 0.3) is 5.91 Å². The molecule has 0 fully saturated rings. The number of carbonyl (C=O) groups is 2. The van der Waals surface area contributed by atoms with Crippen LogP contribution < -0.4 is 11.1 Å². The normalized spacial score (nSPS) is 23.5. The molecular weight excluding hydrogens is 326 g/mol. The molecule has 1 atom stereocenters. The fraction of sp³-hybridized carbons (Fsp3) is 0.263. The van der Waals surface area contributed by atoms with E-state index < -0.39 is 28.7 Å². The number of nitrogens with one attached hydrogen (secondary N) is 1. The van der Waals surface area contributed by atoms with E-state index in [-0.39, 0.29) is 5.69 Å². The number of primary amides is 1. The van der Waals surface area contributed by atoms with Gasteiger partial charge in [0.2, 0.25) is 5.91 Å². The number of anilines is 1. The Morgan fingerprint density at radius 1 is 1.12 bits per heavy atom. The molecular formula is C19H16F2N2O2. The lowest BCUT2D eigenvalue weighted by Crippen LogP contribution is -2.45. The number of rotatable bonds is 2. The zero-order valence-corrected chi connectivity index (χ0v) is 13.3. The summed E-state index contributed by atoms with van der Waals surface area (Å²) < 4.78 is 28.3. The van der Waals surface area contributed by atoms with Crippen LogP contribution in [0.1, 0.15) is 35.1 Å². The first kappa shape index (κ1) is 15.7. The van der Waals surface area contributed by atoms with Crippen LogP contribution in [0.25, 0.3) is 0 Å². The number of aryl methyl sites for hydroxylation is 1. The van der Waals surface area contributed by atoms with Crippen LogP contribution in [0.4, 0.5) is 14.5 Å². The maximum atomic E-state index is 14.2. The summed E-state index contributed by atoms with van der Waals surface area (Å²) >= 11 is 0. The Bertz CT molecular complexity index is 910. The average molecular weight is 342 g/mol. The third-order valence-corrected chi connectivity index (χ3v) is 5.28. The van der Waals surface area contributed by atoms with Crippen molar-refractivity contribution in [3.8, 4) is 0 Å². The Hall–Kier alpha value is -2.76. The molecule has 0 spiro atoms. The van der Waals surface area contributed by atoms with E-state index in [1.54, 1.807) is 6.07 Å². The van der Waals surface area contributed by atoms with E-state index in [9.17, 15) is 18.4 Å². The fourth-order valence-electron chi connectivity index (χ4n) is 4.03. The highest BCUT2D eigenvalue weighted by Gasteiger charge is 2.50. The predicted molar refractivity (Wildman–Crippen MR) is 88.3 cm³/mol. The van der Waals surface area contributed by atoms with E-state index in [1.165, 1.54) is 12.1 Å². The van der Waals surface area contributed by atoms with Crippen LogP contribution in [0.2, 0.25) is 0 Å². The summed E-state index contributed by atoms with van der Waals surface area (Å²) in [7, 11) is 0. The van der Waals surface area contributed by atoms with Gasteiger partial charge in [0, 0.05) is 0 Å². The molecule has 1 heterocycles. The summed E-state index contributed by atoms with van der Waals surface area (Å²) in [5.41, 5.74) is 6.44. The summed E-state index contributed by atoms with van der Waals surface area (Å²) in [6.45, 7) is 0. The van der Waals surface area contributed by atoms with Gasteiger partial charge < -0.3 is 11.1 Å². The van der Waals surface area contributed by atoms with Crippen LogP contribution in [0.3, 0.4) is 0 Å². The van der Waals surface area contributed by atoms with Gasteiger partial charge in [-0.15, -0.1) is 0 Å². The first-order valence-electron chi connectivity index (χ1n) is 8.10. The van der Waals surface area contributed by atoms with Gasteiger partial charge in [0.1, 0.15) is 0 Å². The lowest BCUT2D eigenvalue weighted by molar-refractivity contribution is -0.139. The quantitative estimate of drug-likeness (QED) is 0.881. The summed E-state index contributed by atoms with van der Waals surface area (Å²) in [6.07, 6.45) is 1.99. The van der Waals surface area contributed by atoms with Crippen molar-refractivity contribution in [1.82, 2.24) is 0 Å². The second kappa shape index (κ2) is 5.12. The van der Waals surface area contributed by atoms with Crippen molar-refractivity contribution in [2.24, 2.45) is 5.73 Å². The largest absolute Gasteiger partial charge is 0.369 e. The topological polar surface area (TPSA) is 72.2 Å². The second-order valence-corrected chi connectivity index (χ2v) is 6.57. The molecule has 25 heavy (non-hydrogen) atoms. The molecule has 4 rings (SSSR count). The molecule has 1 aliphatic carbocycles. The predicted octanol–water partition coefficient (Wildman–Crippen LogP) is 2.84. The van der Waals surface area contributed by atoms with E-state index in [2.05, 4.69) is 5.32 Å². The minimum Gasteiger partial charge on any atom is -0.369 e. The molecule has 2 aromatic carbocycles. The van der Waals surface area contributed by atoms with Gasteiger partial charge in [0.15, 0.2) is 0 Å². The van der Waals surface area contributed by atoms with E-state index in [0.717, 1.165) is 24.0 Å². The molecule has 0 bridgehead atoms. The molecule has 0 saturated carbocycles. The van der Waals surface area contributed by atoms with Gasteiger partial charge in [-0.2, -0.15) is 8.78 Å². The minimum atomic E-state index is -3.61. The SMILES string of the molecule is NC(=O)C1(c2ccc3c(c2)C(F)(F)C(=O)N3)CCCc2ccccc21. The van der Waals surface area contributed by atoms with Gasteiger partial charge in [-0.3, -0.25) is 9.59 Å². The van der Waals surface area contributed by atoms with Gasteiger partial charge >= 0.3 is 5.92 Å². The van der Waals surface area contributed by atoms with Crippen molar-refractivity contribution in [2.45, 2.75) is 30.6 Å². The van der Waals surface area contributed by atoms with Crippen LogP contribution in [0, 0.1) is 0 Å². The Morgan fingerprint density at radius 3 is 2.64 bits per heavy atom. The van der Waals surface area contributed by atoms with E-state index in [4.69, 9.17) is 5.73 Å². The highest BCUT2D eigenvalue weighted by molar-refractivity contribution is 6.04. The molecule has 2 amide bonds. The Morgan fingerprint density at radius 2 is 1.88 bits per heavy atom. The summed E-state index contributed by atoms with van der Waals surface area (Å²) in [6, 6.07) is 11.7. The summed E-state index contributed by atoms with van der Waals surface area (Å²) in [5, 5.41) is 2.17. The van der Waals surface area contributed by atoms with Crippen molar-refractivity contribution in [3.63, 3.8) is 0 Å². The smallest absolute Gasteiger partial charge is 0.352 e. The van der Waals surface area contributed by atoms with E-state index >= 15 is 0 Å². The second-order valence-electron chi connectivity index (χ2n) is 6.57. The summed E-state index contributed by atoms with van der Waals surface area (Å²) in [4.78, 5) is 24.0. The van der Waals surface area contributed by atoms with Crippen molar-refractivity contribution >= 4 is 17.5 Å². The first-order valence-corrected chi connectivity index (χ1v) is 8.10. The maximum absolute atomic E-state index is 14.2. The number of fused-ring (bicyclic) bond motifs is 2. The van der Waals surface area contributed by atoms with Crippen molar-refractivity contribution in [3.05, 3.63) is 64.7 Å². The molecule has 0 aromatic heterocycles. The van der Waals surface area contributed by atoms with Gasteiger partial charge in [-0.05, 0) is 48.1 Å². The number of alkyl halides is 2. The highest BCUT2D eigenvalue weighted by Crippen LogP contribution is 2.47. The molecule has 128 valence electrons. The van der Waals surface area contributed by atoms with Crippen LogP contribution in [0.15, 0.2) is 42.5 Å². The molecule has 1 aliphatic heterocycles. The standard InChI is InChI=1S/C19H16F2N2O2/c20-19(21)14-10-12(7-8-15(14)23-17(19)25)18(16(22)24)9-3-5-11-4-1-2-6-13(11)18/h1-2,4,6-8,10H,3,5,9H2,(H2,22,24)(H,23,25). The zero-order valence-electron chi connectivity index (χ0n) is 13.3. The third-order valence-electron chi connectivity index (χ3n) is 5.28. The number of halogens is 2. The van der Waals surface area contributed by atoms with E-state index in [1.807, 2.05) is 24.3 Å². The number of hydrogen-bond donors (Lipinski definition) is 2. The first-order chi connectivity index (χ1) is 11.9. The monoisotopic (exact) mass is 342 g/mol. The number of benzene rings is 2. The molecule has 6 heteroatoms. The maximum Gasteiger partial charge on any atom is 0.352 e. The molecule has 0 radical (unpaired) electrons. The molecule has 3 N–H and O–H groups in total. The van der Waals surface area contributed by atoms with Crippen molar-refractivity contribution < 1.29 is 18.4 Å². The van der Waals surface area contributed by atoms with Crippen molar-refractivity contribution in [1.29, 1.82) is 0 Å². The van der Waals surface area contributed by atoms with Crippen LogP contribution in [-0.2, 0) is 27.3 Å². The Kier molecular flexibility index (Phi) is 3.22. The van der Waals surface area contributed by atoms with Crippen LogP contribution >= 0.6 is 0 Å². The molecule has 4 nitrogen and oxygen atoms in total. The van der Waals surface area contributed by atoms with Crippen LogP contribution in [0.5, 0.6) is 0 Å². The molecule has 1 unspecified atom stereocenters. The van der Waals surface area contributed by atoms with Gasteiger partial charge in [-0.25, -0.2) is 0 Å². The fourth-order valence-corrected chi connectivity index (χ4v) is 4.03. The lowest BCUT2D eigenvalue weighted by Gasteiger charge is -2.37. The Labute approximate surface area is 143 Å². The number of nitrogens with two attached hydrogens (primary N) is 1. The van der Waals surface area contributed by atoms with Crippen LogP contribution in [-0.4, -0.2) is 11.8 Å². The summed E-state index contributed by atoms with van der Waals surface area (Å²) in [5.74, 6) is -5.53. The third kappa shape index (κ3) is 2.03. The number of hydrogen-bond acceptors (Lipinski definition) is 2. The molecule has 2 aliphatic rings. The average Bonchev–Trinajstić information content (AvgIpc) is 2.83. The lowest BCUT2D eigenvalue weighted by atomic mass is 9.65. The zero-order chi connectivity index (χ0) is 17.8. The Balaban J connectivity index is 1.96. The van der Waals surface area contributed by atoms with Gasteiger partial charge in [-0.1, -0.05) is 30.3 Å². The highest BCUT2D eigenvalue weighted by atomic mass is 19.3. The van der Waals surface area contributed by atoms with E-state index in [0.29, 0.717) is 12.0 Å². The molecule has 0 saturated heterocycles. The molecule has 2 aromatic rings. The number of carbonyl (C=O) groups excluding carboxylic acids is 2. The van der Waals surface area contributed by atoms with Crippen molar-refractivity contribution in [2.75, 3.05) is 5.32 Å².